The zero-order valence-electron chi connectivity index (χ0n) is 5.34. The summed E-state index contributed by atoms with van der Waals surface area (Å²) in [6, 6.07) is 5.57. The van der Waals surface area contributed by atoms with E-state index >= 15 is 0 Å². The lowest BCUT2D eigenvalue weighted by Crippen LogP contribution is -1.65. The third-order valence-electron chi connectivity index (χ3n) is 1.39. The molecular formula is C7H3BrClNO. The lowest BCUT2D eigenvalue weighted by molar-refractivity contribution is 0.457. The number of hydrogen-bond acceptors (Lipinski definition) is 2. The topological polar surface area (TPSA) is 26.0 Å². The van der Waals surface area contributed by atoms with Crippen LogP contribution in [0.1, 0.15) is 0 Å². The van der Waals surface area contributed by atoms with Crippen LogP contribution in [0.15, 0.2) is 27.2 Å². The SMILES string of the molecule is Clc1noc2ccc(Br)cc12. The first kappa shape index (κ1) is 7.13. The second-order valence-corrected chi connectivity index (χ2v) is 3.39. The Labute approximate surface area is 76.2 Å². The minimum absolute atomic E-state index is 0.404. The van der Waals surface area contributed by atoms with E-state index in [0.717, 1.165) is 9.86 Å². The molecule has 0 aliphatic heterocycles. The first-order valence-corrected chi connectivity index (χ1v) is 4.15. The van der Waals surface area contributed by atoms with Gasteiger partial charge in [0.05, 0.1) is 5.39 Å². The Morgan fingerprint density at radius 2 is 2.27 bits per heavy atom. The fraction of sp³-hybridized carbons (Fsp3) is 0. The molecule has 0 saturated carbocycles. The van der Waals surface area contributed by atoms with Gasteiger partial charge < -0.3 is 4.52 Å². The molecule has 0 fully saturated rings. The number of aromatic nitrogens is 1. The van der Waals surface area contributed by atoms with Crippen LogP contribution in [0.4, 0.5) is 0 Å². The van der Waals surface area contributed by atoms with Crippen molar-refractivity contribution in [1.29, 1.82) is 0 Å². The van der Waals surface area contributed by atoms with Gasteiger partial charge in [0.15, 0.2) is 10.7 Å². The predicted octanol–water partition coefficient (Wildman–Crippen LogP) is 3.24. The van der Waals surface area contributed by atoms with Crippen molar-refractivity contribution >= 4 is 38.5 Å². The lowest BCUT2D eigenvalue weighted by atomic mass is 10.3. The number of benzene rings is 1. The fourth-order valence-corrected chi connectivity index (χ4v) is 1.42. The molecule has 0 saturated heterocycles. The minimum Gasteiger partial charge on any atom is -0.355 e. The van der Waals surface area contributed by atoms with Gasteiger partial charge in [-0.15, -0.1) is 0 Å². The molecule has 2 nitrogen and oxygen atoms in total. The zero-order chi connectivity index (χ0) is 7.84. The van der Waals surface area contributed by atoms with Crippen LogP contribution >= 0.6 is 27.5 Å². The summed E-state index contributed by atoms with van der Waals surface area (Å²) in [5.74, 6) is 0. The van der Waals surface area contributed by atoms with Crippen molar-refractivity contribution < 1.29 is 4.52 Å². The van der Waals surface area contributed by atoms with E-state index in [1.807, 2.05) is 18.2 Å². The molecule has 0 radical (unpaired) electrons. The molecule has 2 rings (SSSR count). The molecule has 1 heterocycles. The summed E-state index contributed by atoms with van der Waals surface area (Å²) < 4.78 is 5.87. The molecule has 2 aromatic rings. The Balaban J connectivity index is 2.87. The maximum Gasteiger partial charge on any atom is 0.180 e. The summed E-state index contributed by atoms with van der Waals surface area (Å²) >= 11 is 9.04. The number of rotatable bonds is 0. The van der Waals surface area contributed by atoms with Crippen molar-refractivity contribution in [3.63, 3.8) is 0 Å². The van der Waals surface area contributed by atoms with Gasteiger partial charge in [0.1, 0.15) is 0 Å². The molecule has 11 heavy (non-hydrogen) atoms. The average molecular weight is 232 g/mol. The molecule has 0 unspecified atom stereocenters. The predicted molar refractivity (Wildman–Crippen MR) is 46.7 cm³/mol. The van der Waals surface area contributed by atoms with E-state index in [4.69, 9.17) is 16.1 Å². The Morgan fingerprint density at radius 3 is 3.09 bits per heavy atom. The summed E-state index contributed by atoms with van der Waals surface area (Å²) in [7, 11) is 0. The normalized spacial score (nSPS) is 10.7. The maximum atomic E-state index is 5.72. The standard InChI is InChI=1S/C7H3BrClNO/c8-4-1-2-6-5(3-4)7(9)10-11-6/h1-3H. The summed E-state index contributed by atoms with van der Waals surface area (Å²) in [6.07, 6.45) is 0. The van der Waals surface area contributed by atoms with Crippen molar-refractivity contribution in [3.8, 4) is 0 Å². The van der Waals surface area contributed by atoms with Gasteiger partial charge >= 0.3 is 0 Å². The number of nitrogens with zero attached hydrogens (tertiary/aromatic N) is 1. The zero-order valence-corrected chi connectivity index (χ0v) is 7.69. The van der Waals surface area contributed by atoms with Gasteiger partial charge in [0.25, 0.3) is 0 Å². The quantitative estimate of drug-likeness (QED) is 0.697. The van der Waals surface area contributed by atoms with Crippen LogP contribution in [0, 0.1) is 0 Å². The van der Waals surface area contributed by atoms with Crippen LogP contribution < -0.4 is 0 Å². The summed E-state index contributed by atoms with van der Waals surface area (Å²) in [5.41, 5.74) is 0.707. The third kappa shape index (κ3) is 1.14. The van der Waals surface area contributed by atoms with Crippen molar-refractivity contribution in [3.05, 3.63) is 27.8 Å². The van der Waals surface area contributed by atoms with Crippen molar-refractivity contribution in [1.82, 2.24) is 5.16 Å². The van der Waals surface area contributed by atoms with E-state index < -0.39 is 0 Å². The molecule has 0 atom stereocenters. The second kappa shape index (κ2) is 2.50. The summed E-state index contributed by atoms with van der Waals surface area (Å²) in [6.45, 7) is 0. The van der Waals surface area contributed by atoms with E-state index in [9.17, 15) is 0 Å². The van der Waals surface area contributed by atoms with Crippen molar-refractivity contribution in [2.75, 3.05) is 0 Å². The molecule has 0 aliphatic carbocycles. The van der Waals surface area contributed by atoms with Crippen LogP contribution in [-0.4, -0.2) is 5.16 Å². The highest BCUT2D eigenvalue weighted by atomic mass is 79.9. The van der Waals surface area contributed by atoms with Crippen LogP contribution in [0.5, 0.6) is 0 Å². The van der Waals surface area contributed by atoms with Gasteiger partial charge in [-0.3, -0.25) is 0 Å². The van der Waals surface area contributed by atoms with Gasteiger partial charge in [0.2, 0.25) is 0 Å². The highest BCUT2D eigenvalue weighted by Gasteiger charge is 2.04. The van der Waals surface area contributed by atoms with Crippen LogP contribution in [0.2, 0.25) is 5.15 Å². The highest BCUT2D eigenvalue weighted by Crippen LogP contribution is 2.25. The number of hydrogen-bond donors (Lipinski definition) is 0. The van der Waals surface area contributed by atoms with Gasteiger partial charge in [-0.2, -0.15) is 0 Å². The first-order valence-electron chi connectivity index (χ1n) is 2.98. The third-order valence-corrected chi connectivity index (χ3v) is 2.15. The van der Waals surface area contributed by atoms with Gasteiger partial charge in [-0.05, 0) is 18.2 Å². The molecular weight excluding hydrogens is 229 g/mol. The average Bonchev–Trinajstić information content (AvgIpc) is 2.33. The monoisotopic (exact) mass is 231 g/mol. The first-order chi connectivity index (χ1) is 5.27. The van der Waals surface area contributed by atoms with E-state index in [1.165, 1.54) is 0 Å². The molecule has 0 bridgehead atoms. The van der Waals surface area contributed by atoms with Crippen LogP contribution in [-0.2, 0) is 0 Å². The van der Waals surface area contributed by atoms with E-state index in [1.54, 1.807) is 0 Å². The minimum atomic E-state index is 0.404. The largest absolute Gasteiger partial charge is 0.355 e. The van der Waals surface area contributed by atoms with E-state index in [-0.39, 0.29) is 0 Å². The Morgan fingerprint density at radius 1 is 1.45 bits per heavy atom. The van der Waals surface area contributed by atoms with Gasteiger partial charge in [-0.1, -0.05) is 32.7 Å². The summed E-state index contributed by atoms with van der Waals surface area (Å²) in [5, 5.41) is 4.84. The highest BCUT2D eigenvalue weighted by molar-refractivity contribution is 9.10. The smallest absolute Gasteiger partial charge is 0.180 e. The van der Waals surface area contributed by atoms with Crippen molar-refractivity contribution in [2.45, 2.75) is 0 Å². The number of halogens is 2. The molecule has 0 amide bonds. The Hall–Kier alpha value is -0.540. The molecule has 0 N–H and O–H groups in total. The summed E-state index contributed by atoms with van der Waals surface area (Å²) in [4.78, 5) is 0. The maximum absolute atomic E-state index is 5.72. The van der Waals surface area contributed by atoms with E-state index in [2.05, 4.69) is 21.1 Å². The molecule has 0 spiro atoms. The molecule has 1 aromatic heterocycles. The van der Waals surface area contributed by atoms with Crippen molar-refractivity contribution in [2.24, 2.45) is 0 Å². The molecule has 1 aromatic carbocycles. The molecule has 4 heteroatoms. The van der Waals surface area contributed by atoms with Crippen LogP contribution in [0.25, 0.3) is 11.0 Å². The molecule has 0 aliphatic rings. The van der Waals surface area contributed by atoms with Gasteiger partial charge in [-0.25, -0.2) is 0 Å². The van der Waals surface area contributed by atoms with E-state index in [0.29, 0.717) is 10.7 Å². The molecule has 56 valence electrons. The Kier molecular flexibility index (Phi) is 1.62. The second-order valence-electron chi connectivity index (χ2n) is 2.11. The fourth-order valence-electron chi connectivity index (χ4n) is 0.881. The number of fused-ring (bicyclic) bond motifs is 1. The van der Waals surface area contributed by atoms with Gasteiger partial charge in [0, 0.05) is 4.47 Å². The van der Waals surface area contributed by atoms with Crippen LogP contribution in [0.3, 0.4) is 0 Å². The Bertz CT molecular complexity index is 398. The lowest BCUT2D eigenvalue weighted by Gasteiger charge is -1.87.